The normalized spacial score (nSPS) is 10.1. The second-order valence-corrected chi connectivity index (χ2v) is 4.79. The zero-order chi connectivity index (χ0) is 13.2. The molecule has 20 heavy (non-hydrogen) atoms. The molecule has 0 aliphatic carbocycles. The quantitative estimate of drug-likeness (QED) is 0.775. The molecule has 0 aliphatic rings. The Morgan fingerprint density at radius 1 is 1.35 bits per heavy atom. The lowest BCUT2D eigenvalue weighted by Gasteiger charge is -2.04. The topological polar surface area (TPSA) is 67.0 Å². The van der Waals surface area contributed by atoms with Gasteiger partial charge >= 0.3 is 0 Å². The summed E-state index contributed by atoms with van der Waals surface area (Å²) in [6.45, 7) is 0. The van der Waals surface area contributed by atoms with Crippen LogP contribution in [0.2, 0.25) is 0 Å². The summed E-state index contributed by atoms with van der Waals surface area (Å²) in [6.07, 6.45) is 0. The first-order valence-corrected chi connectivity index (χ1v) is 6.52. The SMILES string of the molecule is C.COc1ccc(NC(=O)c2cc3ncsc3[nH]2)cc1. The third-order valence-electron chi connectivity index (χ3n) is 2.72. The highest BCUT2D eigenvalue weighted by atomic mass is 32.1. The van der Waals surface area contributed by atoms with Crippen molar-refractivity contribution < 1.29 is 9.53 Å². The minimum Gasteiger partial charge on any atom is -0.497 e. The summed E-state index contributed by atoms with van der Waals surface area (Å²) in [6, 6.07) is 8.92. The lowest BCUT2D eigenvalue weighted by molar-refractivity contribution is 0.102. The molecule has 0 radical (unpaired) electrons. The number of H-pyrrole nitrogens is 1. The third-order valence-corrected chi connectivity index (χ3v) is 3.47. The first-order valence-electron chi connectivity index (χ1n) is 5.64. The average Bonchev–Trinajstić information content (AvgIpc) is 3.00. The molecule has 3 rings (SSSR count). The molecule has 5 nitrogen and oxygen atoms in total. The van der Waals surface area contributed by atoms with Crippen LogP contribution >= 0.6 is 11.3 Å². The minimum absolute atomic E-state index is 0. The highest BCUT2D eigenvalue weighted by Crippen LogP contribution is 2.19. The summed E-state index contributed by atoms with van der Waals surface area (Å²) in [4.78, 5) is 20.1. The molecule has 3 aromatic rings. The zero-order valence-corrected chi connectivity index (χ0v) is 11.0. The van der Waals surface area contributed by atoms with Crippen LogP contribution in [0.5, 0.6) is 5.75 Å². The van der Waals surface area contributed by atoms with Gasteiger partial charge in [0, 0.05) is 5.69 Å². The van der Waals surface area contributed by atoms with Crippen LogP contribution in [0.1, 0.15) is 17.9 Å². The predicted octanol–water partition coefficient (Wildman–Crippen LogP) is 3.52. The van der Waals surface area contributed by atoms with E-state index in [4.69, 9.17) is 4.74 Å². The number of hydrogen-bond acceptors (Lipinski definition) is 4. The molecule has 2 aromatic heterocycles. The van der Waals surface area contributed by atoms with Gasteiger partial charge in [-0.15, -0.1) is 11.3 Å². The van der Waals surface area contributed by atoms with Crippen LogP contribution < -0.4 is 10.1 Å². The fourth-order valence-corrected chi connectivity index (χ4v) is 2.41. The summed E-state index contributed by atoms with van der Waals surface area (Å²) in [5, 5.41) is 2.81. The van der Waals surface area contributed by atoms with E-state index in [1.165, 1.54) is 11.3 Å². The number of rotatable bonds is 3. The van der Waals surface area contributed by atoms with Gasteiger partial charge in [0.15, 0.2) is 0 Å². The van der Waals surface area contributed by atoms with Crippen molar-refractivity contribution >= 4 is 33.3 Å². The van der Waals surface area contributed by atoms with Gasteiger partial charge in [0.05, 0.1) is 12.6 Å². The van der Waals surface area contributed by atoms with Gasteiger partial charge in [-0.1, -0.05) is 7.43 Å². The first-order chi connectivity index (χ1) is 9.26. The Labute approximate surface area is 120 Å². The van der Waals surface area contributed by atoms with E-state index in [2.05, 4.69) is 15.3 Å². The van der Waals surface area contributed by atoms with Crippen molar-refractivity contribution in [2.75, 3.05) is 12.4 Å². The van der Waals surface area contributed by atoms with Gasteiger partial charge in [-0.25, -0.2) is 4.98 Å². The largest absolute Gasteiger partial charge is 0.497 e. The summed E-state index contributed by atoms with van der Waals surface area (Å²) in [5.74, 6) is 0.568. The molecule has 0 unspecified atom stereocenters. The van der Waals surface area contributed by atoms with Crippen LogP contribution in [0.25, 0.3) is 10.3 Å². The summed E-state index contributed by atoms with van der Waals surface area (Å²) >= 11 is 1.47. The number of aromatic nitrogens is 2. The molecule has 104 valence electrons. The number of anilines is 1. The van der Waals surface area contributed by atoms with Crippen molar-refractivity contribution in [3.8, 4) is 5.75 Å². The highest BCUT2D eigenvalue weighted by molar-refractivity contribution is 7.16. The Bertz CT molecular complexity index is 687. The predicted molar refractivity (Wildman–Crippen MR) is 81.6 cm³/mol. The molecule has 0 saturated heterocycles. The number of methoxy groups -OCH3 is 1. The van der Waals surface area contributed by atoms with Crippen LogP contribution in [0.4, 0.5) is 5.69 Å². The van der Waals surface area contributed by atoms with E-state index in [9.17, 15) is 4.79 Å². The maximum absolute atomic E-state index is 12.0. The number of fused-ring (bicyclic) bond motifs is 1. The third kappa shape index (κ3) is 2.65. The Morgan fingerprint density at radius 3 is 2.75 bits per heavy atom. The lowest BCUT2D eigenvalue weighted by atomic mass is 10.3. The number of nitrogens with one attached hydrogen (secondary N) is 2. The van der Waals surface area contributed by atoms with Gasteiger partial charge in [0.2, 0.25) is 0 Å². The van der Waals surface area contributed by atoms with Gasteiger partial charge in [-0.05, 0) is 30.3 Å². The molecule has 6 heteroatoms. The van der Waals surface area contributed by atoms with E-state index in [1.807, 2.05) is 0 Å². The van der Waals surface area contributed by atoms with Gasteiger partial charge in [0.1, 0.15) is 21.8 Å². The van der Waals surface area contributed by atoms with E-state index in [0.717, 1.165) is 21.8 Å². The number of carbonyl (C=O) groups is 1. The number of nitrogens with zero attached hydrogens (tertiary/aromatic N) is 1. The maximum atomic E-state index is 12.0. The Hall–Kier alpha value is -2.34. The van der Waals surface area contributed by atoms with E-state index >= 15 is 0 Å². The number of amides is 1. The second-order valence-electron chi connectivity index (χ2n) is 3.93. The standard InChI is InChI=1S/C13H11N3O2S.CH4/c1-18-9-4-2-8(3-5-9)15-12(17)10-6-11-13(16-10)19-7-14-11;/h2-7,16H,1H3,(H,15,17);1H4. The molecule has 0 bridgehead atoms. The Morgan fingerprint density at radius 2 is 2.10 bits per heavy atom. The van der Waals surface area contributed by atoms with Crippen LogP contribution in [-0.4, -0.2) is 23.0 Å². The monoisotopic (exact) mass is 289 g/mol. The van der Waals surface area contributed by atoms with Gasteiger partial charge in [-0.3, -0.25) is 4.79 Å². The molecule has 0 aliphatic heterocycles. The number of thiazole rings is 1. The number of ether oxygens (including phenoxy) is 1. The highest BCUT2D eigenvalue weighted by Gasteiger charge is 2.11. The molecule has 1 amide bonds. The molecule has 0 atom stereocenters. The average molecular weight is 289 g/mol. The maximum Gasteiger partial charge on any atom is 0.272 e. The van der Waals surface area contributed by atoms with E-state index in [0.29, 0.717) is 5.69 Å². The van der Waals surface area contributed by atoms with Gasteiger partial charge < -0.3 is 15.0 Å². The van der Waals surface area contributed by atoms with Crippen molar-refractivity contribution in [1.82, 2.24) is 9.97 Å². The van der Waals surface area contributed by atoms with Crippen LogP contribution in [-0.2, 0) is 0 Å². The van der Waals surface area contributed by atoms with Crippen LogP contribution in [0.3, 0.4) is 0 Å². The fourth-order valence-electron chi connectivity index (χ4n) is 1.74. The molecule has 2 heterocycles. The van der Waals surface area contributed by atoms with Crippen molar-refractivity contribution in [3.63, 3.8) is 0 Å². The van der Waals surface area contributed by atoms with Crippen LogP contribution in [0.15, 0.2) is 35.8 Å². The van der Waals surface area contributed by atoms with Crippen molar-refractivity contribution in [3.05, 3.63) is 41.5 Å². The minimum atomic E-state index is -0.185. The summed E-state index contributed by atoms with van der Waals surface area (Å²) in [5.41, 5.74) is 3.78. The van der Waals surface area contributed by atoms with Gasteiger partial charge in [-0.2, -0.15) is 0 Å². The smallest absolute Gasteiger partial charge is 0.272 e. The lowest BCUT2D eigenvalue weighted by Crippen LogP contribution is -2.12. The summed E-state index contributed by atoms with van der Waals surface area (Å²) in [7, 11) is 1.60. The molecule has 0 saturated carbocycles. The fraction of sp³-hybridized carbons (Fsp3) is 0.143. The summed E-state index contributed by atoms with van der Waals surface area (Å²) < 4.78 is 5.06. The van der Waals surface area contributed by atoms with Gasteiger partial charge in [0.25, 0.3) is 5.91 Å². The molecular weight excluding hydrogens is 274 g/mol. The van der Waals surface area contributed by atoms with Crippen molar-refractivity contribution in [2.45, 2.75) is 7.43 Å². The number of carbonyl (C=O) groups excluding carboxylic acids is 1. The molecule has 0 spiro atoms. The van der Waals surface area contributed by atoms with E-state index in [-0.39, 0.29) is 13.3 Å². The second kappa shape index (κ2) is 5.75. The van der Waals surface area contributed by atoms with Crippen LogP contribution in [0, 0.1) is 0 Å². The van der Waals surface area contributed by atoms with E-state index in [1.54, 1.807) is 43.0 Å². The molecule has 2 N–H and O–H groups in total. The number of benzene rings is 1. The van der Waals surface area contributed by atoms with Crippen molar-refractivity contribution in [1.29, 1.82) is 0 Å². The Kier molecular flexibility index (Phi) is 4.05. The molecule has 0 fully saturated rings. The number of hydrogen-bond donors (Lipinski definition) is 2. The molecule has 1 aromatic carbocycles. The first kappa shape index (κ1) is 14.1. The van der Waals surface area contributed by atoms with Crippen molar-refractivity contribution in [2.24, 2.45) is 0 Å². The zero-order valence-electron chi connectivity index (χ0n) is 10.1. The number of aromatic amines is 1. The Balaban J connectivity index is 0.00000147. The molecular formula is C14H15N3O2S. The van der Waals surface area contributed by atoms with E-state index < -0.39 is 0 Å².